The van der Waals surface area contributed by atoms with E-state index in [1.54, 1.807) is 12.1 Å². The van der Waals surface area contributed by atoms with Gasteiger partial charge in [-0.3, -0.25) is 9.69 Å². The van der Waals surface area contributed by atoms with E-state index in [0.29, 0.717) is 12.1 Å². The summed E-state index contributed by atoms with van der Waals surface area (Å²) in [7, 11) is -3.77. The monoisotopic (exact) mass is 441 g/mol. The second-order valence-electron chi connectivity index (χ2n) is 7.30. The van der Waals surface area contributed by atoms with Gasteiger partial charge in [0.1, 0.15) is 0 Å². The first-order valence-electron chi connectivity index (χ1n) is 9.31. The van der Waals surface area contributed by atoms with Crippen molar-refractivity contribution < 1.29 is 26.4 Å². The molecule has 0 saturated heterocycles. The van der Waals surface area contributed by atoms with Gasteiger partial charge in [0.2, 0.25) is 15.9 Å². The van der Waals surface area contributed by atoms with Crippen LogP contribution in [-0.4, -0.2) is 31.8 Å². The Morgan fingerprint density at radius 3 is 2.10 bits per heavy atom. The molecular weight excluding hydrogens is 419 g/mol. The van der Waals surface area contributed by atoms with Crippen LogP contribution in [0.4, 0.5) is 13.2 Å². The SMILES string of the molecule is NS(=O)(=O)c1ccc(CNC(=O)CN(Cc2ccc(C(F)(F)F)cc2)C2CC2)cc1. The molecule has 3 N–H and O–H groups in total. The molecule has 162 valence electrons. The summed E-state index contributed by atoms with van der Waals surface area (Å²) in [4.78, 5) is 14.3. The highest BCUT2D eigenvalue weighted by Gasteiger charge is 2.32. The predicted molar refractivity (Wildman–Crippen MR) is 105 cm³/mol. The Labute approximate surface area is 172 Å². The van der Waals surface area contributed by atoms with E-state index >= 15 is 0 Å². The van der Waals surface area contributed by atoms with Gasteiger partial charge < -0.3 is 5.32 Å². The maximum absolute atomic E-state index is 12.7. The van der Waals surface area contributed by atoms with Gasteiger partial charge in [-0.2, -0.15) is 13.2 Å². The summed E-state index contributed by atoms with van der Waals surface area (Å²) in [5, 5.41) is 7.83. The Morgan fingerprint density at radius 1 is 1.03 bits per heavy atom. The normalized spacial score (nSPS) is 14.7. The summed E-state index contributed by atoms with van der Waals surface area (Å²) in [5.41, 5.74) is 0.730. The minimum atomic E-state index is -4.37. The topological polar surface area (TPSA) is 92.5 Å². The number of halogens is 3. The molecule has 0 aliphatic heterocycles. The summed E-state index contributed by atoms with van der Waals surface area (Å²) in [6, 6.07) is 11.1. The van der Waals surface area contributed by atoms with Crippen LogP contribution in [0.5, 0.6) is 0 Å². The maximum Gasteiger partial charge on any atom is 0.416 e. The number of nitrogens with two attached hydrogens (primary N) is 1. The average molecular weight is 441 g/mol. The van der Waals surface area contributed by atoms with E-state index in [4.69, 9.17) is 5.14 Å². The molecule has 6 nitrogen and oxygen atoms in total. The molecule has 1 saturated carbocycles. The number of sulfonamides is 1. The highest BCUT2D eigenvalue weighted by Crippen LogP contribution is 2.31. The number of carbonyl (C=O) groups is 1. The first-order valence-corrected chi connectivity index (χ1v) is 10.9. The lowest BCUT2D eigenvalue weighted by Gasteiger charge is -2.22. The van der Waals surface area contributed by atoms with Crippen LogP contribution in [0.25, 0.3) is 0 Å². The van der Waals surface area contributed by atoms with E-state index in [0.717, 1.165) is 30.5 Å². The van der Waals surface area contributed by atoms with Crippen molar-refractivity contribution in [2.24, 2.45) is 5.14 Å². The number of rotatable bonds is 8. The number of hydrogen-bond donors (Lipinski definition) is 2. The lowest BCUT2D eigenvalue weighted by molar-refractivity contribution is -0.137. The summed E-state index contributed by atoms with van der Waals surface area (Å²) in [6.07, 6.45) is -2.48. The molecule has 1 aliphatic rings. The van der Waals surface area contributed by atoms with Gasteiger partial charge in [-0.05, 0) is 48.2 Å². The maximum atomic E-state index is 12.7. The summed E-state index contributed by atoms with van der Waals surface area (Å²) in [6.45, 7) is 0.739. The fraction of sp³-hybridized carbons (Fsp3) is 0.350. The third-order valence-corrected chi connectivity index (χ3v) is 5.75. The predicted octanol–water partition coefficient (Wildman–Crippen LogP) is 2.63. The van der Waals surface area contributed by atoms with Gasteiger partial charge in [-0.15, -0.1) is 0 Å². The van der Waals surface area contributed by atoms with Crippen molar-refractivity contribution in [2.75, 3.05) is 6.54 Å². The van der Waals surface area contributed by atoms with E-state index in [1.165, 1.54) is 24.3 Å². The minimum Gasteiger partial charge on any atom is -0.351 e. The molecule has 2 aromatic carbocycles. The van der Waals surface area contributed by atoms with Gasteiger partial charge in [-0.1, -0.05) is 24.3 Å². The number of carbonyl (C=O) groups excluding carboxylic acids is 1. The molecule has 10 heteroatoms. The van der Waals surface area contributed by atoms with E-state index in [1.807, 2.05) is 4.90 Å². The largest absolute Gasteiger partial charge is 0.416 e. The lowest BCUT2D eigenvalue weighted by Crippen LogP contribution is -2.37. The molecule has 3 rings (SSSR count). The first kappa shape index (κ1) is 22.3. The Morgan fingerprint density at radius 2 is 1.60 bits per heavy atom. The Kier molecular flexibility index (Phi) is 6.49. The van der Waals surface area contributed by atoms with Gasteiger partial charge in [0.05, 0.1) is 17.0 Å². The van der Waals surface area contributed by atoms with Crippen molar-refractivity contribution in [3.05, 3.63) is 65.2 Å². The third kappa shape index (κ3) is 6.28. The molecule has 0 aromatic heterocycles. The molecule has 1 fully saturated rings. The van der Waals surface area contributed by atoms with Crippen LogP contribution >= 0.6 is 0 Å². The Hall–Kier alpha value is -2.43. The lowest BCUT2D eigenvalue weighted by atomic mass is 10.1. The van der Waals surface area contributed by atoms with Crippen LogP contribution in [-0.2, 0) is 34.1 Å². The molecule has 2 aromatic rings. The summed E-state index contributed by atoms with van der Waals surface area (Å²) >= 11 is 0. The van der Waals surface area contributed by atoms with E-state index in [2.05, 4.69) is 5.32 Å². The van der Waals surface area contributed by atoms with Gasteiger partial charge in [0.25, 0.3) is 0 Å². The highest BCUT2D eigenvalue weighted by molar-refractivity contribution is 7.89. The zero-order chi connectivity index (χ0) is 21.9. The van der Waals surface area contributed by atoms with Crippen LogP contribution < -0.4 is 10.5 Å². The van der Waals surface area contributed by atoms with Crippen molar-refractivity contribution in [2.45, 2.75) is 43.0 Å². The fourth-order valence-electron chi connectivity index (χ4n) is 3.03. The number of amides is 1. The molecule has 1 aliphatic carbocycles. The van der Waals surface area contributed by atoms with Crippen molar-refractivity contribution in [1.82, 2.24) is 10.2 Å². The Balaban J connectivity index is 1.54. The summed E-state index contributed by atoms with van der Waals surface area (Å²) < 4.78 is 60.6. The number of benzene rings is 2. The third-order valence-electron chi connectivity index (χ3n) is 4.82. The Bertz CT molecular complexity index is 987. The molecule has 0 bridgehead atoms. The zero-order valence-corrected chi connectivity index (χ0v) is 16.8. The van der Waals surface area contributed by atoms with Crippen LogP contribution in [0.3, 0.4) is 0 Å². The van der Waals surface area contributed by atoms with Crippen molar-refractivity contribution in [1.29, 1.82) is 0 Å². The second-order valence-corrected chi connectivity index (χ2v) is 8.86. The van der Waals surface area contributed by atoms with Crippen molar-refractivity contribution in [3.63, 3.8) is 0 Å². The van der Waals surface area contributed by atoms with Crippen molar-refractivity contribution in [3.8, 4) is 0 Å². The van der Waals surface area contributed by atoms with Crippen LogP contribution in [0.1, 0.15) is 29.5 Å². The first-order chi connectivity index (χ1) is 14.0. The number of hydrogen-bond acceptors (Lipinski definition) is 4. The second kappa shape index (κ2) is 8.75. The smallest absolute Gasteiger partial charge is 0.351 e. The molecule has 0 atom stereocenters. The van der Waals surface area contributed by atoms with Gasteiger partial charge in [0, 0.05) is 19.1 Å². The number of nitrogens with one attached hydrogen (secondary N) is 1. The van der Waals surface area contributed by atoms with Gasteiger partial charge in [0.15, 0.2) is 0 Å². The number of nitrogens with zero attached hydrogens (tertiary/aromatic N) is 1. The quantitative estimate of drug-likeness (QED) is 0.659. The van der Waals surface area contributed by atoms with Gasteiger partial charge >= 0.3 is 6.18 Å². The molecular formula is C20H22F3N3O3S. The number of primary sulfonamides is 1. The van der Waals surface area contributed by atoms with Crippen LogP contribution in [0.15, 0.2) is 53.4 Å². The molecule has 0 spiro atoms. The zero-order valence-electron chi connectivity index (χ0n) is 16.0. The molecule has 1 amide bonds. The standard InChI is InChI=1S/C20H22F3N3O3S/c21-20(22,23)16-5-1-15(2-6-16)12-26(17-7-8-17)13-19(27)25-11-14-3-9-18(10-4-14)30(24,28)29/h1-6,9-10,17H,7-8,11-13H2,(H,25,27)(H2,24,28,29). The number of alkyl halides is 3. The average Bonchev–Trinajstić information content (AvgIpc) is 3.50. The van der Waals surface area contributed by atoms with E-state index in [-0.39, 0.29) is 29.9 Å². The summed E-state index contributed by atoms with van der Waals surface area (Å²) in [5.74, 6) is -0.218. The van der Waals surface area contributed by atoms with Crippen LogP contribution in [0, 0.1) is 0 Å². The van der Waals surface area contributed by atoms with Gasteiger partial charge in [-0.25, -0.2) is 13.6 Å². The highest BCUT2D eigenvalue weighted by atomic mass is 32.2. The minimum absolute atomic E-state index is 0.00553. The van der Waals surface area contributed by atoms with Crippen molar-refractivity contribution >= 4 is 15.9 Å². The van der Waals surface area contributed by atoms with Crippen LogP contribution in [0.2, 0.25) is 0 Å². The molecule has 0 unspecified atom stereocenters. The molecule has 30 heavy (non-hydrogen) atoms. The fourth-order valence-corrected chi connectivity index (χ4v) is 3.54. The van der Waals surface area contributed by atoms with E-state index < -0.39 is 21.8 Å². The molecule has 0 radical (unpaired) electrons. The van der Waals surface area contributed by atoms with E-state index in [9.17, 15) is 26.4 Å². The molecule has 0 heterocycles.